The van der Waals surface area contributed by atoms with Gasteiger partial charge in [0.2, 0.25) is 0 Å². The van der Waals surface area contributed by atoms with Gasteiger partial charge in [0.1, 0.15) is 0 Å². The van der Waals surface area contributed by atoms with Gasteiger partial charge in [0.05, 0.1) is 17.2 Å². The monoisotopic (exact) mass is 442 g/mol. The molecule has 0 radical (unpaired) electrons. The van der Waals surface area contributed by atoms with Crippen molar-refractivity contribution in [3.8, 4) is 0 Å². The number of halogens is 1. The molecule has 0 saturated heterocycles. The molecule has 1 unspecified atom stereocenters. The summed E-state index contributed by atoms with van der Waals surface area (Å²) in [5.74, 6) is -0.454. The third-order valence-corrected chi connectivity index (χ3v) is 6.35. The van der Waals surface area contributed by atoms with E-state index in [1.807, 2.05) is 50.2 Å². The largest absolute Gasteiger partial charge is 0.338 e. The Balaban J connectivity index is 1.69. The maximum atomic E-state index is 13.3. The van der Waals surface area contributed by atoms with E-state index in [-0.39, 0.29) is 17.7 Å². The van der Waals surface area contributed by atoms with Crippen LogP contribution >= 0.6 is 11.6 Å². The summed E-state index contributed by atoms with van der Waals surface area (Å²) in [6.07, 6.45) is 0. The highest BCUT2D eigenvalue weighted by Gasteiger charge is 2.42. The first kappa shape index (κ1) is 20.5. The van der Waals surface area contributed by atoms with E-state index in [1.54, 1.807) is 24.3 Å². The van der Waals surface area contributed by atoms with E-state index in [4.69, 9.17) is 11.6 Å². The quantitative estimate of drug-likeness (QED) is 0.338. The molecule has 2 amide bonds. The molecule has 5 rings (SSSR count). The first-order valence-corrected chi connectivity index (χ1v) is 11.1. The van der Waals surface area contributed by atoms with Crippen LogP contribution in [-0.4, -0.2) is 21.3 Å². The highest BCUT2D eigenvalue weighted by Crippen LogP contribution is 2.39. The molecule has 4 aromatic rings. The van der Waals surface area contributed by atoms with Crippen LogP contribution in [0.5, 0.6) is 0 Å². The number of hydrogen-bond donors (Lipinski definition) is 0. The minimum atomic E-state index is -0.405. The molecule has 32 heavy (non-hydrogen) atoms. The molecule has 1 aromatic heterocycles. The van der Waals surface area contributed by atoms with Crippen LogP contribution in [-0.2, 0) is 6.54 Å². The second kappa shape index (κ2) is 7.95. The number of nitrogens with zero attached hydrogens (tertiary/aromatic N) is 2. The summed E-state index contributed by atoms with van der Waals surface area (Å²) < 4.78 is 2.20. The van der Waals surface area contributed by atoms with Crippen LogP contribution in [0.4, 0.5) is 0 Å². The molecule has 0 bridgehead atoms. The lowest BCUT2D eigenvalue weighted by Gasteiger charge is -2.31. The Bertz CT molecular complexity index is 1310. The van der Waals surface area contributed by atoms with Gasteiger partial charge in [0.15, 0.2) is 0 Å². The van der Waals surface area contributed by atoms with Crippen molar-refractivity contribution in [2.24, 2.45) is 5.92 Å². The normalized spacial score (nSPS) is 14.4. The molecular weight excluding hydrogens is 420 g/mol. The van der Waals surface area contributed by atoms with Gasteiger partial charge in [-0.1, -0.05) is 67.9 Å². The van der Waals surface area contributed by atoms with Gasteiger partial charge >= 0.3 is 0 Å². The van der Waals surface area contributed by atoms with Crippen LogP contribution in [0.25, 0.3) is 10.9 Å². The van der Waals surface area contributed by atoms with Crippen LogP contribution in [0, 0.1) is 5.92 Å². The Labute approximate surface area is 192 Å². The highest BCUT2D eigenvalue weighted by atomic mass is 35.5. The van der Waals surface area contributed by atoms with Gasteiger partial charge in [-0.25, -0.2) is 0 Å². The SMILES string of the molecule is CC(C)C(c1cc2cc(Cl)ccc2n1Cc1ccccc1)N1C(=O)c2ccccc2C1=O. The van der Waals surface area contributed by atoms with Gasteiger partial charge in [-0.2, -0.15) is 0 Å². The second-order valence-corrected chi connectivity index (χ2v) is 9.00. The van der Waals surface area contributed by atoms with Gasteiger partial charge in [0, 0.05) is 28.2 Å². The van der Waals surface area contributed by atoms with Crippen LogP contribution in [0.3, 0.4) is 0 Å². The molecule has 0 spiro atoms. The number of fused-ring (bicyclic) bond motifs is 2. The molecule has 1 aliphatic heterocycles. The zero-order valence-electron chi connectivity index (χ0n) is 18.0. The second-order valence-electron chi connectivity index (χ2n) is 8.56. The maximum Gasteiger partial charge on any atom is 0.262 e. The van der Waals surface area contributed by atoms with Crippen molar-refractivity contribution < 1.29 is 9.59 Å². The Morgan fingerprint density at radius 1 is 0.812 bits per heavy atom. The first-order valence-electron chi connectivity index (χ1n) is 10.7. The summed E-state index contributed by atoms with van der Waals surface area (Å²) in [6, 6.07) is 24.7. The van der Waals surface area contributed by atoms with Gasteiger partial charge in [-0.05, 0) is 47.9 Å². The summed E-state index contributed by atoms with van der Waals surface area (Å²) >= 11 is 6.29. The molecule has 2 heterocycles. The van der Waals surface area contributed by atoms with Gasteiger partial charge in [-0.3, -0.25) is 14.5 Å². The fourth-order valence-corrected chi connectivity index (χ4v) is 4.86. The van der Waals surface area contributed by atoms with Crippen molar-refractivity contribution in [3.05, 3.63) is 106 Å². The first-order chi connectivity index (χ1) is 15.5. The maximum absolute atomic E-state index is 13.3. The molecular formula is C27H23ClN2O2. The zero-order valence-corrected chi connectivity index (χ0v) is 18.7. The van der Waals surface area contributed by atoms with Crippen molar-refractivity contribution >= 4 is 34.3 Å². The topological polar surface area (TPSA) is 42.3 Å². The predicted molar refractivity (Wildman–Crippen MR) is 127 cm³/mol. The molecule has 0 saturated carbocycles. The zero-order chi connectivity index (χ0) is 22.4. The number of amides is 2. The summed E-state index contributed by atoms with van der Waals surface area (Å²) in [7, 11) is 0. The van der Waals surface area contributed by atoms with E-state index in [9.17, 15) is 9.59 Å². The minimum Gasteiger partial charge on any atom is -0.338 e. The molecule has 1 atom stereocenters. The molecule has 160 valence electrons. The standard InChI is InChI=1S/C27H23ClN2O2/c1-17(2)25(30-26(31)21-10-6-7-11-22(21)27(30)32)24-15-19-14-20(28)12-13-23(19)29(24)16-18-8-4-3-5-9-18/h3-15,17,25H,16H2,1-2H3. The number of hydrogen-bond acceptors (Lipinski definition) is 2. The van der Waals surface area contributed by atoms with Crippen LogP contribution in [0.1, 0.15) is 51.9 Å². The van der Waals surface area contributed by atoms with Gasteiger partial charge in [0.25, 0.3) is 11.8 Å². The Morgan fingerprint density at radius 2 is 1.44 bits per heavy atom. The third-order valence-electron chi connectivity index (χ3n) is 6.12. The average molecular weight is 443 g/mol. The summed E-state index contributed by atoms with van der Waals surface area (Å²) in [6.45, 7) is 4.73. The lowest BCUT2D eigenvalue weighted by atomic mass is 9.98. The summed E-state index contributed by atoms with van der Waals surface area (Å²) in [4.78, 5) is 28.1. The molecule has 4 nitrogen and oxygen atoms in total. The molecule has 3 aromatic carbocycles. The predicted octanol–water partition coefficient (Wildman–Crippen LogP) is 6.34. The minimum absolute atomic E-state index is 0.0199. The smallest absolute Gasteiger partial charge is 0.262 e. The summed E-state index contributed by atoms with van der Waals surface area (Å²) in [5, 5.41) is 1.65. The number of carbonyl (C=O) groups is 2. The number of aromatic nitrogens is 1. The van der Waals surface area contributed by atoms with E-state index >= 15 is 0 Å². The third kappa shape index (κ3) is 3.32. The van der Waals surface area contributed by atoms with Crippen molar-refractivity contribution in [2.45, 2.75) is 26.4 Å². The Hall–Kier alpha value is -3.37. The molecule has 0 aliphatic carbocycles. The van der Waals surface area contributed by atoms with E-state index in [0.29, 0.717) is 22.7 Å². The van der Waals surface area contributed by atoms with Crippen LogP contribution < -0.4 is 0 Å². The Kier molecular flexibility index (Phi) is 5.10. The van der Waals surface area contributed by atoms with E-state index in [2.05, 4.69) is 22.8 Å². The van der Waals surface area contributed by atoms with Crippen molar-refractivity contribution in [2.75, 3.05) is 0 Å². The van der Waals surface area contributed by atoms with Crippen LogP contribution in [0.15, 0.2) is 78.9 Å². The van der Waals surface area contributed by atoms with E-state index < -0.39 is 6.04 Å². The van der Waals surface area contributed by atoms with E-state index in [0.717, 1.165) is 22.2 Å². The molecule has 1 aliphatic rings. The lowest BCUT2D eigenvalue weighted by molar-refractivity contribution is 0.0531. The molecule has 0 fully saturated rings. The number of benzene rings is 3. The molecule has 5 heteroatoms. The van der Waals surface area contributed by atoms with E-state index in [1.165, 1.54) is 4.90 Å². The van der Waals surface area contributed by atoms with Crippen molar-refractivity contribution in [3.63, 3.8) is 0 Å². The van der Waals surface area contributed by atoms with Gasteiger partial charge in [-0.15, -0.1) is 0 Å². The summed E-state index contributed by atoms with van der Waals surface area (Å²) in [5.41, 5.74) is 4.03. The van der Waals surface area contributed by atoms with Crippen molar-refractivity contribution in [1.82, 2.24) is 9.47 Å². The molecule has 0 N–H and O–H groups in total. The number of carbonyl (C=O) groups excluding carboxylic acids is 2. The van der Waals surface area contributed by atoms with Crippen molar-refractivity contribution in [1.29, 1.82) is 0 Å². The number of imide groups is 1. The Morgan fingerprint density at radius 3 is 2.06 bits per heavy atom. The fourth-order valence-electron chi connectivity index (χ4n) is 4.68. The average Bonchev–Trinajstić information content (AvgIpc) is 3.25. The highest BCUT2D eigenvalue weighted by molar-refractivity contribution is 6.31. The lowest BCUT2D eigenvalue weighted by Crippen LogP contribution is -2.38. The van der Waals surface area contributed by atoms with Crippen LogP contribution in [0.2, 0.25) is 5.02 Å². The van der Waals surface area contributed by atoms with Gasteiger partial charge < -0.3 is 4.57 Å². The number of rotatable bonds is 5. The fraction of sp³-hybridized carbons (Fsp3) is 0.185.